The smallest absolute Gasteiger partial charge is 0.326 e. The van der Waals surface area contributed by atoms with E-state index in [9.17, 15) is 24.0 Å². The molecule has 0 saturated carbocycles. The van der Waals surface area contributed by atoms with Gasteiger partial charge in [-0.15, -0.1) is 0 Å². The highest BCUT2D eigenvalue weighted by atomic mass is 16.5. The Morgan fingerprint density at radius 2 is 1.77 bits per heavy atom. The highest BCUT2D eigenvalue weighted by molar-refractivity contribution is 6.00. The average Bonchev–Trinajstić information content (AvgIpc) is 3.09. The number of hydrogen-bond acceptors (Lipinski definition) is 7. The zero-order chi connectivity index (χ0) is 22.8. The second kappa shape index (κ2) is 11.5. The van der Waals surface area contributed by atoms with E-state index in [-0.39, 0.29) is 31.6 Å². The summed E-state index contributed by atoms with van der Waals surface area (Å²) in [6.07, 6.45) is -0.918. The van der Waals surface area contributed by atoms with Crippen molar-refractivity contribution < 1.29 is 28.7 Å². The first kappa shape index (κ1) is 23.6. The van der Waals surface area contributed by atoms with Crippen molar-refractivity contribution in [1.29, 1.82) is 0 Å². The van der Waals surface area contributed by atoms with Gasteiger partial charge >= 0.3 is 17.6 Å². The van der Waals surface area contributed by atoms with Crippen LogP contribution in [0, 0.1) is 6.92 Å². The molecule has 3 N–H and O–H groups in total. The van der Waals surface area contributed by atoms with E-state index in [0.717, 1.165) is 0 Å². The number of amides is 1. The summed E-state index contributed by atoms with van der Waals surface area (Å²) < 4.78 is 10.1. The summed E-state index contributed by atoms with van der Waals surface area (Å²) in [6.45, 7) is 3.00. The van der Waals surface area contributed by atoms with Gasteiger partial charge in [0.05, 0.1) is 6.61 Å². The molecule has 1 atom stereocenters. The van der Waals surface area contributed by atoms with Crippen molar-refractivity contribution in [3.05, 3.63) is 57.8 Å². The summed E-state index contributed by atoms with van der Waals surface area (Å²) in [6, 6.07) is 8.31. The Hall–Kier alpha value is -3.69. The maximum Gasteiger partial charge on any atom is 0.326 e. The van der Waals surface area contributed by atoms with E-state index in [2.05, 4.69) is 15.3 Å². The van der Waals surface area contributed by atoms with Crippen LogP contribution in [-0.4, -0.2) is 52.9 Å². The van der Waals surface area contributed by atoms with Crippen molar-refractivity contribution in [2.75, 3.05) is 13.2 Å². The highest BCUT2D eigenvalue weighted by Crippen LogP contribution is 2.13. The van der Waals surface area contributed by atoms with Crippen LogP contribution in [-0.2, 0) is 19.1 Å². The van der Waals surface area contributed by atoms with Gasteiger partial charge in [0.1, 0.15) is 12.2 Å². The lowest BCUT2D eigenvalue weighted by molar-refractivity contribution is -0.146. The highest BCUT2D eigenvalue weighted by Gasteiger charge is 2.27. The van der Waals surface area contributed by atoms with Gasteiger partial charge in [0, 0.05) is 17.7 Å². The van der Waals surface area contributed by atoms with Crippen molar-refractivity contribution in [1.82, 2.24) is 15.3 Å². The second-order valence-corrected chi connectivity index (χ2v) is 6.67. The predicted molar refractivity (Wildman–Crippen MR) is 110 cm³/mol. The minimum atomic E-state index is -1.24. The van der Waals surface area contributed by atoms with Gasteiger partial charge in [-0.3, -0.25) is 19.2 Å². The van der Waals surface area contributed by atoms with E-state index >= 15 is 0 Å². The van der Waals surface area contributed by atoms with E-state index in [1.165, 1.54) is 6.92 Å². The predicted octanol–water partition coefficient (Wildman–Crippen LogP) is 1.27. The first-order valence-corrected chi connectivity index (χ1v) is 9.83. The summed E-state index contributed by atoms with van der Waals surface area (Å²) in [5, 5.41) is 2.43. The third kappa shape index (κ3) is 7.25. The molecule has 0 saturated heterocycles. The molecule has 0 aliphatic rings. The van der Waals surface area contributed by atoms with Crippen molar-refractivity contribution >= 4 is 23.6 Å². The molecule has 0 radical (unpaired) electrons. The molecule has 0 bridgehead atoms. The van der Waals surface area contributed by atoms with Gasteiger partial charge in [-0.2, -0.15) is 0 Å². The molecule has 0 fully saturated rings. The minimum absolute atomic E-state index is 0.00717. The van der Waals surface area contributed by atoms with Gasteiger partial charge in [-0.1, -0.05) is 18.2 Å². The zero-order valence-corrected chi connectivity index (χ0v) is 17.4. The van der Waals surface area contributed by atoms with Crippen molar-refractivity contribution in [3.8, 4) is 0 Å². The molecule has 31 heavy (non-hydrogen) atoms. The first-order chi connectivity index (χ1) is 14.8. The molecular weight excluding hydrogens is 406 g/mol. The average molecular weight is 431 g/mol. The Kier molecular flexibility index (Phi) is 8.74. The van der Waals surface area contributed by atoms with E-state index in [1.54, 1.807) is 37.3 Å². The van der Waals surface area contributed by atoms with Crippen molar-refractivity contribution in [2.24, 2.45) is 0 Å². The second-order valence-electron chi connectivity index (χ2n) is 6.67. The van der Waals surface area contributed by atoms with E-state index in [0.29, 0.717) is 11.3 Å². The molecule has 2 rings (SSSR count). The number of esters is 2. The van der Waals surface area contributed by atoms with Gasteiger partial charge in [-0.05, 0) is 38.8 Å². The SMILES string of the molecule is CCOC(=O)CCCC(OC(=O)CNC(=O)c1ccccc1)C(=O)c1[nH]c(=O)[nH]c1C. The van der Waals surface area contributed by atoms with E-state index in [1.807, 2.05) is 0 Å². The number of Topliss-reactive ketones (excluding diaryl/α,β-unsaturated/α-hetero) is 1. The number of ketones is 1. The number of carbonyl (C=O) groups excluding carboxylic acids is 4. The summed E-state index contributed by atoms with van der Waals surface area (Å²) in [7, 11) is 0. The molecule has 10 nitrogen and oxygen atoms in total. The van der Waals surface area contributed by atoms with Crippen LogP contribution < -0.4 is 11.0 Å². The lowest BCUT2D eigenvalue weighted by atomic mass is 10.0. The Morgan fingerprint density at radius 1 is 1.06 bits per heavy atom. The van der Waals surface area contributed by atoms with Crippen LogP contribution in [0.25, 0.3) is 0 Å². The number of carbonyl (C=O) groups is 4. The van der Waals surface area contributed by atoms with Gasteiger partial charge in [-0.25, -0.2) is 4.79 Å². The van der Waals surface area contributed by atoms with Gasteiger partial charge < -0.3 is 24.8 Å². The van der Waals surface area contributed by atoms with Gasteiger partial charge in [0.25, 0.3) is 5.91 Å². The summed E-state index contributed by atoms with van der Waals surface area (Å²) in [4.78, 5) is 65.0. The number of aromatic nitrogens is 2. The molecule has 0 aliphatic heterocycles. The largest absolute Gasteiger partial charge is 0.466 e. The number of nitrogens with one attached hydrogen (secondary N) is 3. The van der Waals surface area contributed by atoms with Crippen LogP contribution in [0.5, 0.6) is 0 Å². The molecule has 1 unspecified atom stereocenters. The van der Waals surface area contributed by atoms with Crippen LogP contribution in [0.15, 0.2) is 35.1 Å². The molecule has 0 spiro atoms. The van der Waals surface area contributed by atoms with Crippen molar-refractivity contribution in [2.45, 2.75) is 39.2 Å². The Labute approximate surface area is 178 Å². The monoisotopic (exact) mass is 431 g/mol. The quantitative estimate of drug-likeness (QED) is 0.358. The van der Waals surface area contributed by atoms with Gasteiger partial charge in [0.2, 0.25) is 5.78 Å². The number of hydrogen-bond donors (Lipinski definition) is 3. The van der Waals surface area contributed by atoms with Crippen LogP contribution in [0.1, 0.15) is 52.7 Å². The third-order valence-electron chi connectivity index (χ3n) is 4.31. The van der Waals surface area contributed by atoms with E-state index < -0.39 is 42.0 Å². The summed E-state index contributed by atoms with van der Waals surface area (Å²) in [5.41, 5.74) is 0.108. The summed E-state index contributed by atoms with van der Waals surface area (Å²) >= 11 is 0. The number of aromatic amines is 2. The molecular formula is C21H25N3O7. The minimum Gasteiger partial charge on any atom is -0.466 e. The Bertz CT molecular complexity index is 978. The first-order valence-electron chi connectivity index (χ1n) is 9.83. The van der Waals surface area contributed by atoms with Crippen LogP contribution >= 0.6 is 0 Å². The Balaban J connectivity index is 2.01. The van der Waals surface area contributed by atoms with E-state index in [4.69, 9.17) is 9.47 Å². The Morgan fingerprint density at radius 3 is 2.39 bits per heavy atom. The van der Waals surface area contributed by atoms with Crippen LogP contribution in [0.4, 0.5) is 0 Å². The maximum absolute atomic E-state index is 12.8. The summed E-state index contributed by atoms with van der Waals surface area (Å²) in [5.74, 6) is -2.33. The van der Waals surface area contributed by atoms with Crippen molar-refractivity contribution in [3.63, 3.8) is 0 Å². The zero-order valence-electron chi connectivity index (χ0n) is 17.4. The molecule has 1 amide bonds. The fourth-order valence-corrected chi connectivity index (χ4v) is 2.83. The standard InChI is InChI=1S/C21H25N3O7/c1-3-30-16(25)11-7-10-15(19(27)18-13(2)23-21(29)24-18)31-17(26)12-22-20(28)14-8-5-4-6-9-14/h4-6,8-9,15H,3,7,10-12H2,1-2H3,(H,22,28)(H2,23,24,29). The number of H-pyrrole nitrogens is 2. The third-order valence-corrected chi connectivity index (χ3v) is 4.31. The normalized spacial score (nSPS) is 11.4. The topological polar surface area (TPSA) is 147 Å². The molecule has 1 aromatic heterocycles. The lowest BCUT2D eigenvalue weighted by Crippen LogP contribution is -2.35. The van der Waals surface area contributed by atoms with Gasteiger partial charge in [0.15, 0.2) is 6.10 Å². The lowest BCUT2D eigenvalue weighted by Gasteiger charge is -2.17. The maximum atomic E-state index is 12.8. The fraction of sp³-hybridized carbons (Fsp3) is 0.381. The number of rotatable bonds is 11. The van der Waals surface area contributed by atoms with Crippen LogP contribution in [0.2, 0.25) is 0 Å². The molecule has 1 aromatic carbocycles. The number of imidazole rings is 1. The molecule has 10 heteroatoms. The number of ether oxygens (including phenoxy) is 2. The molecule has 2 aromatic rings. The number of benzene rings is 1. The molecule has 0 aliphatic carbocycles. The molecule has 166 valence electrons. The number of aryl methyl sites for hydroxylation is 1. The van der Waals surface area contributed by atoms with Crippen LogP contribution in [0.3, 0.4) is 0 Å². The fourth-order valence-electron chi connectivity index (χ4n) is 2.83. The molecule has 1 heterocycles.